The van der Waals surface area contributed by atoms with E-state index in [9.17, 15) is 4.39 Å². The Morgan fingerprint density at radius 2 is 1.96 bits per heavy atom. The molecule has 1 aliphatic heterocycles. The van der Waals surface area contributed by atoms with E-state index in [1.807, 2.05) is 12.1 Å². The van der Waals surface area contributed by atoms with E-state index < -0.39 is 0 Å². The van der Waals surface area contributed by atoms with Crippen LogP contribution >= 0.6 is 0 Å². The molecule has 128 valence electrons. The molecule has 0 amide bonds. The lowest BCUT2D eigenvalue weighted by atomic mass is 9.90. The van der Waals surface area contributed by atoms with Crippen molar-refractivity contribution in [2.75, 3.05) is 45.1 Å². The van der Waals surface area contributed by atoms with Gasteiger partial charge in [0.2, 0.25) is 0 Å². The smallest absolute Gasteiger partial charge is 0.192 e. The van der Waals surface area contributed by atoms with Crippen molar-refractivity contribution in [1.82, 2.24) is 9.80 Å². The fourth-order valence-electron chi connectivity index (χ4n) is 3.09. The maximum atomic E-state index is 14.6. The number of nitrogens with two attached hydrogens (primary N) is 1. The Kier molecular flexibility index (Phi) is 5.59. The van der Waals surface area contributed by atoms with E-state index in [-0.39, 0.29) is 17.3 Å². The van der Waals surface area contributed by atoms with E-state index in [0.717, 1.165) is 32.7 Å². The third-order valence-electron chi connectivity index (χ3n) is 4.75. The van der Waals surface area contributed by atoms with Crippen LogP contribution in [0.2, 0.25) is 0 Å². The summed E-state index contributed by atoms with van der Waals surface area (Å²) in [6.07, 6.45) is 0. The first-order chi connectivity index (χ1) is 10.9. The minimum atomic E-state index is -0.340. The standard InChI is InChI=1S/C17H28FN5/c1-5-22-8-10-23(11-9-22)17(2,3)14-7-6-13(12-15(14)18)21-16(19)20-4/h6-7,12H,5,8-11H2,1-4H3,(H3,19,20,21). The number of likely N-dealkylation sites (N-methyl/N-ethyl adjacent to an activating group) is 1. The molecule has 1 aromatic carbocycles. The fraction of sp³-hybridized carbons (Fsp3) is 0.588. The predicted molar refractivity (Wildman–Crippen MR) is 94.3 cm³/mol. The normalized spacial score (nSPS) is 18.2. The zero-order valence-electron chi connectivity index (χ0n) is 14.6. The Morgan fingerprint density at radius 3 is 2.48 bits per heavy atom. The van der Waals surface area contributed by atoms with Crippen molar-refractivity contribution in [3.05, 3.63) is 29.6 Å². The number of nitrogens with one attached hydrogen (secondary N) is 1. The first-order valence-corrected chi connectivity index (χ1v) is 8.15. The number of piperazine rings is 1. The Morgan fingerprint density at radius 1 is 1.30 bits per heavy atom. The van der Waals surface area contributed by atoms with Gasteiger partial charge in [-0.15, -0.1) is 0 Å². The largest absolute Gasteiger partial charge is 0.370 e. The van der Waals surface area contributed by atoms with Gasteiger partial charge in [-0.1, -0.05) is 13.0 Å². The van der Waals surface area contributed by atoms with Gasteiger partial charge in [0.25, 0.3) is 0 Å². The second-order valence-corrected chi connectivity index (χ2v) is 6.41. The van der Waals surface area contributed by atoms with Crippen LogP contribution in [0.1, 0.15) is 26.3 Å². The zero-order chi connectivity index (χ0) is 17.0. The number of halogens is 1. The molecule has 0 saturated carbocycles. The molecule has 2 rings (SSSR count). The topological polar surface area (TPSA) is 56.9 Å². The number of rotatable bonds is 4. The molecule has 0 spiro atoms. The molecule has 6 heteroatoms. The second-order valence-electron chi connectivity index (χ2n) is 6.41. The summed E-state index contributed by atoms with van der Waals surface area (Å²) in [6, 6.07) is 5.17. The summed E-state index contributed by atoms with van der Waals surface area (Å²) < 4.78 is 14.6. The molecule has 0 aliphatic carbocycles. The number of guanidine groups is 1. The number of aliphatic imine (C=N–C) groups is 1. The zero-order valence-corrected chi connectivity index (χ0v) is 14.6. The summed E-state index contributed by atoms with van der Waals surface area (Å²) in [5.74, 6) is 0.0499. The summed E-state index contributed by atoms with van der Waals surface area (Å²) in [5.41, 5.74) is 6.61. The highest BCUT2D eigenvalue weighted by molar-refractivity contribution is 5.92. The van der Waals surface area contributed by atoms with Gasteiger partial charge in [-0.25, -0.2) is 4.39 Å². The van der Waals surface area contributed by atoms with Crippen molar-refractivity contribution in [1.29, 1.82) is 0 Å². The van der Waals surface area contributed by atoms with Crippen molar-refractivity contribution in [3.63, 3.8) is 0 Å². The Labute approximate surface area is 138 Å². The van der Waals surface area contributed by atoms with Gasteiger partial charge in [0.05, 0.1) is 0 Å². The van der Waals surface area contributed by atoms with Crippen molar-refractivity contribution in [2.45, 2.75) is 26.3 Å². The lowest BCUT2D eigenvalue weighted by Gasteiger charge is -2.44. The van der Waals surface area contributed by atoms with Crippen LogP contribution in [0.3, 0.4) is 0 Å². The summed E-state index contributed by atoms with van der Waals surface area (Å²) in [7, 11) is 1.59. The average molecular weight is 321 g/mol. The van der Waals surface area contributed by atoms with Crippen LogP contribution in [0.5, 0.6) is 0 Å². The van der Waals surface area contributed by atoms with Crippen molar-refractivity contribution < 1.29 is 4.39 Å². The highest BCUT2D eigenvalue weighted by atomic mass is 19.1. The molecule has 1 aliphatic rings. The summed E-state index contributed by atoms with van der Waals surface area (Å²) in [4.78, 5) is 8.59. The molecule has 0 atom stereocenters. The summed E-state index contributed by atoms with van der Waals surface area (Å²) in [6.45, 7) is 11.4. The first kappa shape index (κ1) is 17.7. The van der Waals surface area contributed by atoms with Crippen molar-refractivity contribution in [3.8, 4) is 0 Å². The Bertz CT molecular complexity index is 562. The van der Waals surface area contributed by atoms with Gasteiger partial charge in [-0.3, -0.25) is 9.89 Å². The molecular formula is C17H28FN5. The van der Waals surface area contributed by atoms with Crippen LogP contribution in [0.15, 0.2) is 23.2 Å². The van der Waals surface area contributed by atoms with E-state index in [0.29, 0.717) is 11.3 Å². The molecule has 0 unspecified atom stereocenters. The highest BCUT2D eigenvalue weighted by Crippen LogP contribution is 2.32. The maximum absolute atomic E-state index is 14.6. The lowest BCUT2D eigenvalue weighted by Crippen LogP contribution is -2.53. The number of anilines is 1. The number of nitrogens with zero attached hydrogens (tertiary/aromatic N) is 3. The van der Waals surface area contributed by atoms with Crippen molar-refractivity contribution >= 4 is 11.6 Å². The van der Waals surface area contributed by atoms with Crippen LogP contribution in [-0.2, 0) is 5.54 Å². The molecular weight excluding hydrogens is 293 g/mol. The van der Waals surface area contributed by atoms with E-state index in [1.165, 1.54) is 6.07 Å². The van der Waals surface area contributed by atoms with Crippen LogP contribution in [0.25, 0.3) is 0 Å². The molecule has 23 heavy (non-hydrogen) atoms. The lowest BCUT2D eigenvalue weighted by molar-refractivity contribution is 0.0506. The quantitative estimate of drug-likeness (QED) is 0.658. The van der Waals surface area contributed by atoms with E-state index in [2.05, 4.69) is 40.9 Å². The van der Waals surface area contributed by atoms with E-state index in [1.54, 1.807) is 7.05 Å². The van der Waals surface area contributed by atoms with Gasteiger partial charge in [0.1, 0.15) is 5.82 Å². The predicted octanol–water partition coefficient (Wildman–Crippen LogP) is 2.05. The van der Waals surface area contributed by atoms with Crippen LogP contribution in [0.4, 0.5) is 10.1 Å². The Balaban J connectivity index is 2.16. The maximum Gasteiger partial charge on any atom is 0.192 e. The molecule has 3 N–H and O–H groups in total. The van der Waals surface area contributed by atoms with Gasteiger partial charge in [-0.2, -0.15) is 0 Å². The van der Waals surface area contributed by atoms with Gasteiger partial charge < -0.3 is 16.0 Å². The molecule has 1 aromatic rings. The number of hydrogen-bond acceptors (Lipinski definition) is 3. The minimum Gasteiger partial charge on any atom is -0.370 e. The number of benzene rings is 1. The third kappa shape index (κ3) is 4.00. The molecule has 1 fully saturated rings. The molecule has 5 nitrogen and oxygen atoms in total. The van der Waals surface area contributed by atoms with Gasteiger partial charge in [0.15, 0.2) is 5.96 Å². The molecule has 1 heterocycles. The first-order valence-electron chi connectivity index (χ1n) is 8.15. The summed E-state index contributed by atoms with van der Waals surface area (Å²) >= 11 is 0. The summed E-state index contributed by atoms with van der Waals surface area (Å²) in [5, 5.41) is 2.87. The molecule has 0 aromatic heterocycles. The molecule has 0 radical (unpaired) electrons. The molecule has 0 bridgehead atoms. The minimum absolute atomic E-state index is 0.221. The number of hydrogen-bond donors (Lipinski definition) is 2. The van der Waals surface area contributed by atoms with E-state index >= 15 is 0 Å². The monoisotopic (exact) mass is 321 g/mol. The second kappa shape index (κ2) is 7.27. The Hall–Kier alpha value is -1.66. The highest BCUT2D eigenvalue weighted by Gasteiger charge is 2.33. The van der Waals surface area contributed by atoms with E-state index in [4.69, 9.17) is 5.73 Å². The average Bonchev–Trinajstić information content (AvgIpc) is 2.54. The molecule has 1 saturated heterocycles. The third-order valence-corrected chi connectivity index (χ3v) is 4.75. The van der Waals surface area contributed by atoms with Gasteiger partial charge in [0, 0.05) is 50.0 Å². The SMILES string of the molecule is CCN1CCN(C(C)(C)c2ccc(NC(N)=NC)cc2F)CC1. The fourth-order valence-corrected chi connectivity index (χ4v) is 3.09. The van der Waals surface area contributed by atoms with Crippen LogP contribution in [0, 0.1) is 5.82 Å². The van der Waals surface area contributed by atoms with Crippen molar-refractivity contribution in [2.24, 2.45) is 10.7 Å². The van der Waals surface area contributed by atoms with Gasteiger partial charge >= 0.3 is 0 Å². The van der Waals surface area contributed by atoms with Crippen LogP contribution < -0.4 is 11.1 Å². The van der Waals surface area contributed by atoms with Gasteiger partial charge in [-0.05, 0) is 32.5 Å². The van der Waals surface area contributed by atoms with Crippen LogP contribution in [-0.4, -0.2) is 55.5 Å².